The molecular weight excluding hydrogens is 392 g/mol. The van der Waals surface area contributed by atoms with Crippen LogP contribution < -0.4 is 10.9 Å². The number of likely N-dealkylation sites (tertiary alicyclic amines) is 1. The summed E-state index contributed by atoms with van der Waals surface area (Å²) in [7, 11) is 0. The predicted molar refractivity (Wildman–Crippen MR) is 117 cm³/mol. The summed E-state index contributed by atoms with van der Waals surface area (Å²) < 4.78 is 0. The molecule has 1 aliphatic rings. The Balaban J connectivity index is 1.42. The van der Waals surface area contributed by atoms with Gasteiger partial charge in [0.1, 0.15) is 5.69 Å². The molecule has 4 rings (SSSR count). The topological polar surface area (TPSA) is 95.2 Å². The minimum atomic E-state index is -0.352. The van der Waals surface area contributed by atoms with Crippen LogP contribution in [0.3, 0.4) is 0 Å². The summed E-state index contributed by atoms with van der Waals surface area (Å²) in [5.74, 6) is -0.601. The fourth-order valence-corrected chi connectivity index (χ4v) is 3.93. The van der Waals surface area contributed by atoms with Gasteiger partial charge in [-0.05, 0) is 30.0 Å². The number of rotatable bonds is 5. The molecule has 158 valence electrons. The zero-order valence-electron chi connectivity index (χ0n) is 17.0. The molecule has 0 bridgehead atoms. The van der Waals surface area contributed by atoms with Crippen molar-refractivity contribution in [3.8, 4) is 0 Å². The van der Waals surface area contributed by atoms with Crippen molar-refractivity contribution >= 4 is 11.8 Å². The van der Waals surface area contributed by atoms with Crippen molar-refractivity contribution in [2.75, 3.05) is 13.1 Å². The van der Waals surface area contributed by atoms with Crippen LogP contribution in [0.15, 0.2) is 77.6 Å². The zero-order valence-corrected chi connectivity index (χ0v) is 17.0. The van der Waals surface area contributed by atoms with Crippen molar-refractivity contribution < 1.29 is 9.59 Å². The monoisotopic (exact) mass is 416 g/mol. The maximum atomic E-state index is 13.5. The number of hydrogen-bond donors (Lipinski definition) is 2. The maximum Gasteiger partial charge on any atom is 0.271 e. The second-order valence-corrected chi connectivity index (χ2v) is 7.63. The lowest BCUT2D eigenvalue weighted by molar-refractivity contribution is -0.132. The van der Waals surface area contributed by atoms with Gasteiger partial charge in [-0.2, -0.15) is 5.10 Å². The first kappa shape index (κ1) is 20.5. The number of aromatic amines is 1. The molecule has 0 atom stereocenters. The summed E-state index contributed by atoms with van der Waals surface area (Å²) in [6, 6.07) is 22.3. The number of hydrogen-bond acceptors (Lipinski definition) is 4. The van der Waals surface area contributed by atoms with Crippen molar-refractivity contribution in [1.82, 2.24) is 20.4 Å². The van der Waals surface area contributed by atoms with Crippen LogP contribution in [0.25, 0.3) is 0 Å². The van der Waals surface area contributed by atoms with Crippen molar-refractivity contribution in [2.24, 2.45) is 0 Å². The van der Waals surface area contributed by atoms with Crippen LogP contribution in [0.4, 0.5) is 0 Å². The molecule has 7 heteroatoms. The first-order valence-electron chi connectivity index (χ1n) is 10.4. The number of carbonyl (C=O) groups excluding carboxylic acids is 2. The Morgan fingerprint density at radius 1 is 0.903 bits per heavy atom. The Bertz CT molecular complexity index is 1030. The molecule has 0 spiro atoms. The van der Waals surface area contributed by atoms with E-state index in [1.807, 2.05) is 65.6 Å². The van der Waals surface area contributed by atoms with Gasteiger partial charge in [-0.25, -0.2) is 5.10 Å². The van der Waals surface area contributed by atoms with Crippen LogP contribution in [-0.4, -0.2) is 46.0 Å². The molecule has 2 heterocycles. The number of nitrogens with zero attached hydrogens (tertiary/aromatic N) is 2. The number of amides is 2. The minimum absolute atomic E-state index is 0.0443. The summed E-state index contributed by atoms with van der Waals surface area (Å²) >= 11 is 0. The van der Waals surface area contributed by atoms with Crippen LogP contribution in [0, 0.1) is 0 Å². The predicted octanol–water partition coefficient (Wildman–Crippen LogP) is 2.32. The van der Waals surface area contributed by atoms with E-state index in [9.17, 15) is 14.4 Å². The van der Waals surface area contributed by atoms with E-state index >= 15 is 0 Å². The van der Waals surface area contributed by atoms with E-state index in [2.05, 4.69) is 15.5 Å². The highest BCUT2D eigenvalue weighted by Crippen LogP contribution is 2.28. The summed E-state index contributed by atoms with van der Waals surface area (Å²) in [5.41, 5.74) is 1.76. The standard InChI is InChI=1S/C24H24N4O3/c29-21-12-11-20(26-27-21)23(30)25-19-13-15-28(16-14-19)24(31)22(17-7-3-1-4-8-17)18-9-5-2-6-10-18/h1-12,19,22H,13-16H2,(H,25,30)(H,27,29). The third-order valence-electron chi connectivity index (χ3n) is 5.57. The number of aromatic nitrogens is 2. The van der Waals surface area contributed by atoms with Gasteiger partial charge in [-0.3, -0.25) is 14.4 Å². The van der Waals surface area contributed by atoms with E-state index in [4.69, 9.17) is 0 Å². The van der Waals surface area contributed by atoms with Gasteiger partial charge < -0.3 is 10.2 Å². The third kappa shape index (κ3) is 4.88. The first-order chi connectivity index (χ1) is 15.1. The van der Waals surface area contributed by atoms with E-state index in [0.29, 0.717) is 25.9 Å². The lowest BCUT2D eigenvalue weighted by Crippen LogP contribution is -2.48. The van der Waals surface area contributed by atoms with Crippen LogP contribution in [0.5, 0.6) is 0 Å². The van der Waals surface area contributed by atoms with Gasteiger partial charge in [0.2, 0.25) is 5.91 Å². The molecular formula is C24H24N4O3. The second kappa shape index (κ2) is 9.38. The molecule has 0 unspecified atom stereocenters. The summed E-state index contributed by atoms with van der Waals surface area (Å²) in [6.07, 6.45) is 1.33. The molecule has 0 aliphatic carbocycles. The largest absolute Gasteiger partial charge is 0.348 e. The molecule has 2 N–H and O–H groups in total. The average molecular weight is 416 g/mol. The van der Waals surface area contributed by atoms with E-state index < -0.39 is 0 Å². The number of carbonyl (C=O) groups is 2. The molecule has 1 aliphatic heterocycles. The van der Waals surface area contributed by atoms with Gasteiger partial charge >= 0.3 is 0 Å². The van der Waals surface area contributed by atoms with E-state index in [0.717, 1.165) is 11.1 Å². The Kier molecular flexibility index (Phi) is 6.21. The van der Waals surface area contributed by atoms with Crippen LogP contribution >= 0.6 is 0 Å². The van der Waals surface area contributed by atoms with Crippen molar-refractivity contribution in [2.45, 2.75) is 24.8 Å². The van der Waals surface area contributed by atoms with E-state index in [1.165, 1.54) is 12.1 Å². The number of nitrogens with one attached hydrogen (secondary N) is 2. The number of piperidine rings is 1. The first-order valence-corrected chi connectivity index (χ1v) is 10.4. The Hall–Kier alpha value is -3.74. The molecule has 1 saturated heterocycles. The highest BCUT2D eigenvalue weighted by Gasteiger charge is 2.30. The highest BCUT2D eigenvalue weighted by atomic mass is 16.2. The molecule has 1 aromatic heterocycles. The lowest BCUT2D eigenvalue weighted by atomic mass is 9.89. The van der Waals surface area contributed by atoms with Crippen LogP contribution in [0.1, 0.15) is 40.4 Å². The van der Waals surface area contributed by atoms with E-state index in [-0.39, 0.29) is 35.0 Å². The van der Waals surface area contributed by atoms with Gasteiger partial charge in [-0.15, -0.1) is 0 Å². The summed E-state index contributed by atoms with van der Waals surface area (Å²) in [4.78, 5) is 38.8. The van der Waals surface area contributed by atoms with Gasteiger partial charge in [0.05, 0.1) is 5.92 Å². The van der Waals surface area contributed by atoms with Crippen LogP contribution in [0.2, 0.25) is 0 Å². The Labute approximate surface area is 180 Å². The molecule has 0 radical (unpaired) electrons. The molecule has 0 saturated carbocycles. The second-order valence-electron chi connectivity index (χ2n) is 7.63. The smallest absolute Gasteiger partial charge is 0.271 e. The molecule has 2 aromatic carbocycles. The van der Waals surface area contributed by atoms with Gasteiger partial charge in [0.25, 0.3) is 11.5 Å². The van der Waals surface area contributed by atoms with Crippen molar-refractivity contribution in [1.29, 1.82) is 0 Å². The summed E-state index contributed by atoms with van der Waals surface area (Å²) in [5, 5.41) is 8.97. The van der Waals surface area contributed by atoms with Crippen molar-refractivity contribution in [3.63, 3.8) is 0 Å². The van der Waals surface area contributed by atoms with Gasteiger partial charge in [0, 0.05) is 25.2 Å². The normalized spacial score (nSPS) is 14.4. The Morgan fingerprint density at radius 2 is 1.48 bits per heavy atom. The number of benzene rings is 2. The third-order valence-corrected chi connectivity index (χ3v) is 5.57. The fourth-order valence-electron chi connectivity index (χ4n) is 3.93. The van der Waals surface area contributed by atoms with E-state index in [1.54, 1.807) is 0 Å². The lowest BCUT2D eigenvalue weighted by Gasteiger charge is -2.34. The zero-order chi connectivity index (χ0) is 21.6. The Morgan fingerprint density at radius 3 is 2.00 bits per heavy atom. The minimum Gasteiger partial charge on any atom is -0.348 e. The molecule has 2 amide bonds. The van der Waals surface area contributed by atoms with Gasteiger partial charge in [0.15, 0.2) is 0 Å². The average Bonchev–Trinajstić information content (AvgIpc) is 2.81. The molecule has 3 aromatic rings. The highest BCUT2D eigenvalue weighted by molar-refractivity contribution is 5.92. The number of H-pyrrole nitrogens is 1. The molecule has 1 fully saturated rings. The maximum absolute atomic E-state index is 13.5. The summed E-state index contributed by atoms with van der Waals surface area (Å²) in [6.45, 7) is 1.14. The SMILES string of the molecule is O=C(NC1CCN(C(=O)C(c2ccccc2)c2ccccc2)CC1)c1ccc(=O)[nH]n1. The quantitative estimate of drug-likeness (QED) is 0.667. The van der Waals surface area contributed by atoms with Crippen LogP contribution in [-0.2, 0) is 4.79 Å². The molecule has 31 heavy (non-hydrogen) atoms. The van der Waals surface area contributed by atoms with Gasteiger partial charge in [-0.1, -0.05) is 60.7 Å². The fraction of sp³-hybridized carbons (Fsp3) is 0.250. The van der Waals surface area contributed by atoms with Crippen molar-refractivity contribution in [3.05, 3.63) is 100.0 Å². The molecule has 7 nitrogen and oxygen atoms in total.